The van der Waals surface area contributed by atoms with Gasteiger partial charge in [0.2, 0.25) is 0 Å². The molecule has 0 bridgehead atoms. The number of hydrogen-bond acceptors (Lipinski definition) is 7. The highest BCUT2D eigenvalue weighted by atomic mass is 32.2. The number of sulfonamides is 1. The first kappa shape index (κ1) is 23.0. The second kappa shape index (κ2) is 10.1. The molecule has 0 saturated carbocycles. The van der Waals surface area contributed by atoms with E-state index in [-0.39, 0.29) is 29.4 Å². The van der Waals surface area contributed by atoms with Crippen molar-refractivity contribution in [3.8, 4) is 11.5 Å². The van der Waals surface area contributed by atoms with Gasteiger partial charge in [-0.15, -0.1) is 0 Å². The van der Waals surface area contributed by atoms with Crippen molar-refractivity contribution >= 4 is 21.4 Å². The minimum atomic E-state index is -4.02. The predicted octanol–water partition coefficient (Wildman–Crippen LogP) is 3.24. The molecule has 32 heavy (non-hydrogen) atoms. The molecule has 0 spiro atoms. The fourth-order valence-electron chi connectivity index (χ4n) is 2.98. The fraction of sp³-hybridized carbons (Fsp3) is 0.182. The number of rotatable bonds is 10. The van der Waals surface area contributed by atoms with E-state index in [9.17, 15) is 23.6 Å². The molecule has 168 valence electrons. The number of nitro groups is 1. The van der Waals surface area contributed by atoms with Gasteiger partial charge in [-0.2, -0.15) is 0 Å². The second-order valence-electron chi connectivity index (χ2n) is 6.74. The highest BCUT2D eigenvalue weighted by Gasteiger charge is 2.29. The topological polar surface area (TPSA) is 119 Å². The Labute approximate surface area is 185 Å². The molecule has 0 heterocycles. The lowest BCUT2D eigenvalue weighted by molar-refractivity contribution is -0.384. The number of hydrogen-bond donors (Lipinski definition) is 1. The van der Waals surface area contributed by atoms with Crippen molar-refractivity contribution in [2.75, 3.05) is 24.6 Å². The molecule has 0 amide bonds. The van der Waals surface area contributed by atoms with E-state index < -0.39 is 21.1 Å². The summed E-state index contributed by atoms with van der Waals surface area (Å²) in [5.74, 6) is 0.639. The molecule has 0 aliphatic carbocycles. The highest BCUT2D eigenvalue weighted by molar-refractivity contribution is 7.92. The summed E-state index contributed by atoms with van der Waals surface area (Å²) in [6.07, 6.45) is -1.20. The van der Waals surface area contributed by atoms with Crippen molar-refractivity contribution in [3.05, 3.63) is 89.0 Å². The lowest BCUT2D eigenvalue weighted by atomic mass is 10.2. The number of benzene rings is 3. The zero-order valence-corrected chi connectivity index (χ0v) is 18.0. The number of aliphatic hydroxyl groups is 1. The Balaban J connectivity index is 1.83. The van der Waals surface area contributed by atoms with Crippen LogP contribution in [-0.2, 0) is 10.0 Å². The van der Waals surface area contributed by atoms with E-state index in [0.29, 0.717) is 11.5 Å². The number of aliphatic hydroxyl groups excluding tert-OH is 1. The number of nitro benzene ring substituents is 1. The van der Waals surface area contributed by atoms with Crippen molar-refractivity contribution in [2.45, 2.75) is 11.0 Å². The first-order chi connectivity index (χ1) is 15.3. The summed E-state index contributed by atoms with van der Waals surface area (Å²) < 4.78 is 38.6. The van der Waals surface area contributed by atoms with Gasteiger partial charge in [-0.1, -0.05) is 30.3 Å². The van der Waals surface area contributed by atoms with E-state index >= 15 is 0 Å². The van der Waals surface area contributed by atoms with Gasteiger partial charge in [0.15, 0.2) is 0 Å². The van der Waals surface area contributed by atoms with E-state index in [1.165, 1.54) is 43.5 Å². The van der Waals surface area contributed by atoms with Crippen LogP contribution >= 0.6 is 0 Å². The van der Waals surface area contributed by atoms with Gasteiger partial charge in [-0.25, -0.2) is 8.42 Å². The van der Waals surface area contributed by atoms with Gasteiger partial charge < -0.3 is 14.6 Å². The van der Waals surface area contributed by atoms with E-state index in [2.05, 4.69) is 0 Å². The fourth-order valence-corrected chi connectivity index (χ4v) is 4.52. The molecular formula is C22H22N2O7S. The maximum absolute atomic E-state index is 13.4. The third kappa shape index (κ3) is 5.34. The van der Waals surface area contributed by atoms with E-state index in [1.807, 2.05) is 0 Å². The molecule has 0 saturated heterocycles. The molecular weight excluding hydrogens is 436 g/mol. The zero-order chi connectivity index (χ0) is 23.1. The first-order valence-corrected chi connectivity index (χ1v) is 11.0. The maximum atomic E-state index is 13.4. The summed E-state index contributed by atoms with van der Waals surface area (Å²) in [5, 5.41) is 21.3. The van der Waals surface area contributed by atoms with Crippen LogP contribution in [0.1, 0.15) is 0 Å². The Morgan fingerprint density at radius 1 is 1.00 bits per heavy atom. The van der Waals surface area contributed by atoms with Crippen LogP contribution in [0, 0.1) is 10.1 Å². The third-order valence-electron chi connectivity index (χ3n) is 4.55. The molecule has 0 fully saturated rings. The third-order valence-corrected chi connectivity index (χ3v) is 6.35. The number of non-ortho nitro benzene ring substituents is 1. The summed E-state index contributed by atoms with van der Waals surface area (Å²) in [4.78, 5) is 10.3. The molecule has 1 N–H and O–H groups in total. The molecule has 0 aromatic heterocycles. The number of methoxy groups -OCH3 is 1. The molecule has 3 rings (SSSR count). The zero-order valence-electron chi connectivity index (χ0n) is 17.2. The lowest BCUT2D eigenvalue weighted by Gasteiger charge is -2.28. The Kier molecular flexibility index (Phi) is 7.29. The SMILES string of the molecule is COc1ccccc1N(C[C@H](O)COc1ccc([N+](=O)[O-])cc1)S(=O)(=O)c1ccccc1. The van der Waals surface area contributed by atoms with E-state index in [4.69, 9.17) is 9.47 Å². The number of nitrogens with zero attached hydrogens (tertiary/aromatic N) is 2. The average Bonchev–Trinajstić information content (AvgIpc) is 2.82. The van der Waals surface area contributed by atoms with Crippen LogP contribution in [-0.4, -0.2) is 44.8 Å². The maximum Gasteiger partial charge on any atom is 0.269 e. The monoisotopic (exact) mass is 458 g/mol. The predicted molar refractivity (Wildman–Crippen MR) is 119 cm³/mol. The minimum absolute atomic E-state index is 0.0643. The van der Waals surface area contributed by atoms with Crippen LogP contribution in [0.5, 0.6) is 11.5 Å². The number of ether oxygens (including phenoxy) is 2. The van der Waals surface area contributed by atoms with Crippen molar-refractivity contribution in [2.24, 2.45) is 0 Å². The molecule has 0 aliphatic rings. The van der Waals surface area contributed by atoms with Crippen molar-refractivity contribution in [3.63, 3.8) is 0 Å². The smallest absolute Gasteiger partial charge is 0.269 e. The number of anilines is 1. The Morgan fingerprint density at radius 2 is 1.62 bits per heavy atom. The Bertz CT molecular complexity index is 1150. The van der Waals surface area contributed by atoms with E-state index in [1.54, 1.807) is 42.5 Å². The van der Waals surface area contributed by atoms with Crippen LogP contribution < -0.4 is 13.8 Å². The van der Waals surface area contributed by atoms with Gasteiger partial charge in [0.05, 0.1) is 29.2 Å². The second-order valence-corrected chi connectivity index (χ2v) is 8.60. The van der Waals surface area contributed by atoms with Crippen LogP contribution in [0.2, 0.25) is 0 Å². The quantitative estimate of drug-likeness (QED) is 0.366. The summed E-state index contributed by atoms with van der Waals surface area (Å²) in [5.41, 5.74) is 0.183. The van der Waals surface area contributed by atoms with Gasteiger partial charge in [0, 0.05) is 12.1 Å². The Hall–Kier alpha value is -3.63. The van der Waals surface area contributed by atoms with Crippen molar-refractivity contribution in [1.29, 1.82) is 0 Å². The van der Waals surface area contributed by atoms with Gasteiger partial charge in [0.25, 0.3) is 15.7 Å². The molecule has 9 nitrogen and oxygen atoms in total. The standard InChI is InChI=1S/C22H22N2O7S/c1-30-22-10-6-5-9-21(22)23(32(28,29)20-7-3-2-4-8-20)15-18(25)16-31-19-13-11-17(12-14-19)24(26)27/h2-14,18,25H,15-16H2,1H3/t18-/m0/s1. The molecule has 0 aliphatic heterocycles. The lowest BCUT2D eigenvalue weighted by Crippen LogP contribution is -2.40. The molecule has 0 radical (unpaired) electrons. The number of para-hydroxylation sites is 2. The molecule has 10 heteroatoms. The molecule has 3 aromatic carbocycles. The van der Waals surface area contributed by atoms with Gasteiger partial charge in [-0.05, 0) is 36.4 Å². The van der Waals surface area contributed by atoms with Crippen molar-refractivity contribution in [1.82, 2.24) is 0 Å². The molecule has 0 unspecified atom stereocenters. The van der Waals surface area contributed by atoms with Gasteiger partial charge >= 0.3 is 0 Å². The van der Waals surface area contributed by atoms with Crippen molar-refractivity contribution < 1.29 is 27.9 Å². The van der Waals surface area contributed by atoms with E-state index in [0.717, 1.165) is 4.31 Å². The first-order valence-electron chi connectivity index (χ1n) is 9.59. The molecule has 1 atom stereocenters. The van der Waals surface area contributed by atoms with Gasteiger partial charge in [0.1, 0.15) is 24.2 Å². The van der Waals surface area contributed by atoms with Crippen LogP contribution in [0.4, 0.5) is 11.4 Å². The molecule has 3 aromatic rings. The minimum Gasteiger partial charge on any atom is -0.495 e. The average molecular weight is 458 g/mol. The summed E-state index contributed by atoms with van der Waals surface area (Å²) >= 11 is 0. The largest absolute Gasteiger partial charge is 0.495 e. The Morgan fingerprint density at radius 3 is 2.25 bits per heavy atom. The van der Waals surface area contributed by atoms with Crippen LogP contribution in [0.15, 0.2) is 83.8 Å². The highest BCUT2D eigenvalue weighted by Crippen LogP contribution is 2.32. The van der Waals surface area contributed by atoms with Gasteiger partial charge in [-0.3, -0.25) is 14.4 Å². The van der Waals surface area contributed by atoms with Crippen LogP contribution in [0.3, 0.4) is 0 Å². The normalized spacial score (nSPS) is 12.1. The summed E-state index contributed by atoms with van der Waals surface area (Å²) in [6, 6.07) is 19.8. The van der Waals surface area contributed by atoms with Crippen LogP contribution in [0.25, 0.3) is 0 Å². The summed E-state index contributed by atoms with van der Waals surface area (Å²) in [7, 11) is -2.59. The summed E-state index contributed by atoms with van der Waals surface area (Å²) in [6.45, 7) is -0.529.